The zero-order valence-electron chi connectivity index (χ0n) is 14.7. The Bertz CT molecular complexity index is 803. The van der Waals surface area contributed by atoms with Crippen LogP contribution in [0.5, 0.6) is 17.2 Å². The summed E-state index contributed by atoms with van der Waals surface area (Å²) in [6, 6.07) is 12.9. The van der Waals surface area contributed by atoms with Crippen LogP contribution in [0.1, 0.15) is 12.5 Å². The van der Waals surface area contributed by atoms with Gasteiger partial charge in [-0.2, -0.15) is 5.10 Å². The van der Waals surface area contributed by atoms with Crippen LogP contribution in [-0.4, -0.2) is 38.5 Å². The second-order valence-electron chi connectivity index (χ2n) is 5.67. The fourth-order valence-corrected chi connectivity index (χ4v) is 2.41. The molecule has 2 aromatic rings. The Balaban J connectivity index is 1.53. The first-order chi connectivity index (χ1) is 12.7. The molecule has 0 spiro atoms. The smallest absolute Gasteiger partial charge is 0.259 e. The monoisotopic (exact) mass is 355 g/mol. The molecular weight excluding hydrogens is 334 g/mol. The van der Waals surface area contributed by atoms with Crippen molar-refractivity contribution in [1.82, 2.24) is 5.43 Å². The molecule has 0 aliphatic carbocycles. The third kappa shape index (κ3) is 4.44. The Morgan fingerprint density at radius 1 is 1.12 bits per heavy atom. The van der Waals surface area contributed by atoms with Crippen LogP contribution >= 0.6 is 0 Å². The van der Waals surface area contributed by atoms with Crippen molar-refractivity contribution in [3.63, 3.8) is 0 Å². The minimum atomic E-state index is -0.238. The van der Waals surface area contributed by atoms with Gasteiger partial charge in [0.1, 0.15) is 19.0 Å². The number of nitrogens with zero attached hydrogens (tertiary/aromatic N) is 1. The molecule has 0 atom stereocenters. The molecule has 1 aliphatic heterocycles. The van der Waals surface area contributed by atoms with Crippen molar-refractivity contribution in [3.05, 3.63) is 48.0 Å². The largest absolute Gasteiger partial charge is 0.497 e. The van der Waals surface area contributed by atoms with Crippen molar-refractivity contribution in [1.29, 1.82) is 0 Å². The first kappa shape index (κ1) is 17.6. The first-order valence-corrected chi connectivity index (χ1v) is 8.27. The molecule has 2 aromatic carbocycles. The number of benzene rings is 2. The fraction of sp³-hybridized carbons (Fsp3) is 0.263. The van der Waals surface area contributed by atoms with Crippen molar-refractivity contribution in [2.45, 2.75) is 6.92 Å². The first-order valence-electron chi connectivity index (χ1n) is 8.27. The van der Waals surface area contributed by atoms with Crippen LogP contribution in [0.3, 0.4) is 0 Å². The Hall–Kier alpha value is -3.22. The van der Waals surface area contributed by atoms with Gasteiger partial charge in [-0.3, -0.25) is 4.79 Å². The summed E-state index contributed by atoms with van der Waals surface area (Å²) in [5.74, 6) is 1.94. The van der Waals surface area contributed by atoms with Gasteiger partial charge < -0.3 is 19.5 Å². The van der Waals surface area contributed by atoms with Gasteiger partial charge in [0.25, 0.3) is 5.91 Å². The molecule has 0 unspecified atom stereocenters. The quantitative estimate of drug-likeness (QED) is 0.614. The number of hydrogen-bond donors (Lipinski definition) is 2. The van der Waals surface area contributed by atoms with E-state index in [1.165, 1.54) is 0 Å². The van der Waals surface area contributed by atoms with Crippen LogP contribution in [0.4, 0.5) is 5.69 Å². The van der Waals surface area contributed by atoms with Crippen LogP contribution in [0.2, 0.25) is 0 Å². The molecular formula is C19H21N3O4. The van der Waals surface area contributed by atoms with Gasteiger partial charge in [0.15, 0.2) is 11.5 Å². The maximum atomic E-state index is 12.0. The van der Waals surface area contributed by atoms with Gasteiger partial charge in [0.2, 0.25) is 0 Å². The number of fused-ring (bicyclic) bond motifs is 1. The van der Waals surface area contributed by atoms with Crippen LogP contribution in [0.25, 0.3) is 0 Å². The van der Waals surface area contributed by atoms with E-state index in [2.05, 4.69) is 15.8 Å². The lowest BCUT2D eigenvalue weighted by atomic mass is 10.1. The van der Waals surface area contributed by atoms with Crippen molar-refractivity contribution >= 4 is 17.3 Å². The lowest BCUT2D eigenvalue weighted by Gasteiger charge is -2.18. The van der Waals surface area contributed by atoms with Crippen molar-refractivity contribution in [3.8, 4) is 17.2 Å². The van der Waals surface area contributed by atoms with E-state index in [-0.39, 0.29) is 12.5 Å². The molecule has 1 amide bonds. The maximum absolute atomic E-state index is 12.0. The number of amides is 1. The summed E-state index contributed by atoms with van der Waals surface area (Å²) in [5, 5.41) is 7.17. The lowest BCUT2D eigenvalue weighted by Crippen LogP contribution is -2.26. The highest BCUT2D eigenvalue weighted by molar-refractivity contribution is 6.00. The standard InChI is InChI=1S/C19H21N3O4/c1-13(14-3-8-17-18(11-14)26-10-9-25-17)21-22-19(23)12-20-15-4-6-16(24-2)7-5-15/h3-8,11,20H,9-10,12H2,1-2H3,(H,22,23)/b21-13-. The van der Waals surface area contributed by atoms with Crippen molar-refractivity contribution in [2.75, 3.05) is 32.2 Å². The number of ether oxygens (including phenoxy) is 3. The Kier molecular flexibility index (Phi) is 5.58. The second-order valence-corrected chi connectivity index (χ2v) is 5.67. The Labute approximate surface area is 152 Å². The van der Waals surface area contributed by atoms with E-state index < -0.39 is 0 Å². The van der Waals surface area contributed by atoms with Crippen LogP contribution in [0.15, 0.2) is 47.6 Å². The van der Waals surface area contributed by atoms with Crippen LogP contribution < -0.4 is 25.0 Å². The van der Waals surface area contributed by atoms with Crippen LogP contribution in [-0.2, 0) is 4.79 Å². The Morgan fingerprint density at radius 2 is 1.85 bits per heavy atom. The minimum Gasteiger partial charge on any atom is -0.497 e. The second kappa shape index (κ2) is 8.24. The van der Waals surface area contributed by atoms with Gasteiger partial charge in [-0.1, -0.05) is 0 Å². The number of rotatable bonds is 6. The molecule has 136 valence electrons. The SMILES string of the molecule is COc1ccc(NCC(=O)N/N=C(/C)c2ccc3c(c2)OCCO3)cc1. The number of anilines is 1. The third-order valence-electron chi connectivity index (χ3n) is 3.85. The number of carbonyl (C=O) groups excluding carboxylic acids is 1. The van der Waals surface area contributed by atoms with Gasteiger partial charge in [-0.05, 0) is 49.4 Å². The summed E-state index contributed by atoms with van der Waals surface area (Å²) in [5.41, 5.74) is 4.91. The number of nitrogens with one attached hydrogen (secondary N) is 2. The number of hydrogen-bond acceptors (Lipinski definition) is 6. The van der Waals surface area contributed by atoms with E-state index >= 15 is 0 Å². The highest BCUT2D eigenvalue weighted by Crippen LogP contribution is 2.30. The Morgan fingerprint density at radius 3 is 2.58 bits per heavy atom. The molecule has 0 saturated heterocycles. The lowest BCUT2D eigenvalue weighted by molar-refractivity contribution is -0.119. The highest BCUT2D eigenvalue weighted by atomic mass is 16.6. The molecule has 0 aromatic heterocycles. The zero-order chi connectivity index (χ0) is 18.4. The average Bonchev–Trinajstić information content (AvgIpc) is 2.70. The zero-order valence-corrected chi connectivity index (χ0v) is 14.7. The number of methoxy groups -OCH3 is 1. The van der Waals surface area contributed by atoms with Crippen molar-refractivity contribution in [2.24, 2.45) is 5.10 Å². The molecule has 0 fully saturated rings. The summed E-state index contributed by atoms with van der Waals surface area (Å²) in [4.78, 5) is 12.0. The van der Waals surface area contributed by atoms with Gasteiger partial charge in [0.05, 0.1) is 19.4 Å². The van der Waals surface area contributed by atoms with E-state index in [1.807, 2.05) is 49.4 Å². The van der Waals surface area contributed by atoms with E-state index in [0.29, 0.717) is 24.7 Å². The van der Waals surface area contributed by atoms with E-state index in [4.69, 9.17) is 14.2 Å². The summed E-state index contributed by atoms with van der Waals surface area (Å²) >= 11 is 0. The molecule has 7 nitrogen and oxygen atoms in total. The normalized spacial score (nSPS) is 13.1. The summed E-state index contributed by atoms with van der Waals surface area (Å²) in [6.45, 7) is 3.02. The molecule has 2 N–H and O–H groups in total. The minimum absolute atomic E-state index is 0.115. The predicted molar refractivity (Wildman–Crippen MR) is 99.3 cm³/mol. The van der Waals surface area contributed by atoms with E-state index in [9.17, 15) is 4.79 Å². The summed E-state index contributed by atoms with van der Waals surface area (Å²) < 4.78 is 16.1. The van der Waals surface area contributed by atoms with E-state index in [0.717, 1.165) is 22.7 Å². The van der Waals surface area contributed by atoms with Gasteiger partial charge in [-0.15, -0.1) is 0 Å². The van der Waals surface area contributed by atoms with Gasteiger partial charge in [0, 0.05) is 11.3 Å². The van der Waals surface area contributed by atoms with Gasteiger partial charge in [-0.25, -0.2) is 5.43 Å². The molecule has 7 heteroatoms. The molecule has 26 heavy (non-hydrogen) atoms. The maximum Gasteiger partial charge on any atom is 0.259 e. The van der Waals surface area contributed by atoms with Crippen molar-refractivity contribution < 1.29 is 19.0 Å². The third-order valence-corrected chi connectivity index (χ3v) is 3.85. The average molecular weight is 355 g/mol. The topological polar surface area (TPSA) is 81.2 Å². The molecule has 0 radical (unpaired) electrons. The predicted octanol–water partition coefficient (Wildman–Crippen LogP) is 2.42. The molecule has 0 saturated carbocycles. The molecule has 1 aliphatic rings. The summed E-state index contributed by atoms with van der Waals surface area (Å²) in [6.07, 6.45) is 0. The van der Waals surface area contributed by atoms with E-state index in [1.54, 1.807) is 7.11 Å². The summed E-state index contributed by atoms with van der Waals surface area (Å²) in [7, 11) is 1.61. The number of carbonyl (C=O) groups is 1. The van der Waals surface area contributed by atoms with Crippen LogP contribution in [0, 0.1) is 0 Å². The van der Waals surface area contributed by atoms with Gasteiger partial charge >= 0.3 is 0 Å². The highest BCUT2D eigenvalue weighted by Gasteiger charge is 2.12. The fourth-order valence-electron chi connectivity index (χ4n) is 2.41. The molecule has 3 rings (SSSR count). The molecule has 1 heterocycles. The molecule has 0 bridgehead atoms. The number of hydrazone groups is 1.